The predicted molar refractivity (Wildman–Crippen MR) is 69.1 cm³/mol. The van der Waals surface area contributed by atoms with Crippen molar-refractivity contribution in [3.05, 3.63) is 0 Å². The quantitative estimate of drug-likeness (QED) is 0.695. The van der Waals surface area contributed by atoms with Crippen molar-refractivity contribution in [1.29, 1.82) is 0 Å². The fraction of sp³-hybridized carbons (Fsp3) is 0.923. The highest BCUT2D eigenvalue weighted by Crippen LogP contribution is 2.13. The van der Waals surface area contributed by atoms with Crippen molar-refractivity contribution < 1.29 is 4.79 Å². The average Bonchev–Trinajstić information content (AvgIpc) is 2.39. The molecule has 2 aliphatic rings. The SMILES string of the molecule is CC(C)N1CCN(C(=O)N2CCCCC2)CC1. The van der Waals surface area contributed by atoms with Gasteiger partial charge in [0.1, 0.15) is 0 Å². The van der Waals surface area contributed by atoms with E-state index in [9.17, 15) is 4.79 Å². The molecule has 0 aliphatic carbocycles. The van der Waals surface area contributed by atoms with Gasteiger partial charge in [0.2, 0.25) is 0 Å². The van der Waals surface area contributed by atoms with Gasteiger partial charge in [-0.25, -0.2) is 4.79 Å². The second kappa shape index (κ2) is 5.71. The Kier molecular flexibility index (Phi) is 4.26. The minimum absolute atomic E-state index is 0.271. The number of carbonyl (C=O) groups excluding carboxylic acids is 1. The van der Waals surface area contributed by atoms with Gasteiger partial charge in [-0.2, -0.15) is 0 Å². The molecule has 2 amide bonds. The van der Waals surface area contributed by atoms with E-state index in [0.717, 1.165) is 39.3 Å². The number of amides is 2. The maximum atomic E-state index is 12.3. The van der Waals surface area contributed by atoms with Gasteiger partial charge in [-0.05, 0) is 33.1 Å². The van der Waals surface area contributed by atoms with Crippen LogP contribution < -0.4 is 0 Å². The molecule has 0 aromatic rings. The fourth-order valence-corrected chi connectivity index (χ4v) is 2.71. The number of piperidine rings is 1. The summed E-state index contributed by atoms with van der Waals surface area (Å²) in [6, 6.07) is 0.871. The van der Waals surface area contributed by atoms with Crippen LogP contribution in [-0.4, -0.2) is 66.0 Å². The lowest BCUT2D eigenvalue weighted by Gasteiger charge is -2.39. The van der Waals surface area contributed by atoms with Gasteiger partial charge in [-0.3, -0.25) is 4.90 Å². The predicted octanol–water partition coefficient (Wildman–Crippen LogP) is 1.62. The minimum Gasteiger partial charge on any atom is -0.325 e. The molecule has 0 aromatic heterocycles. The number of likely N-dealkylation sites (tertiary alicyclic amines) is 1. The number of hydrogen-bond donors (Lipinski definition) is 0. The first-order valence-corrected chi connectivity index (χ1v) is 6.96. The molecule has 2 saturated heterocycles. The molecule has 0 radical (unpaired) electrons. The summed E-state index contributed by atoms with van der Waals surface area (Å²) in [4.78, 5) is 18.8. The molecule has 0 unspecified atom stereocenters. The van der Waals surface area contributed by atoms with E-state index in [4.69, 9.17) is 0 Å². The van der Waals surface area contributed by atoms with E-state index in [1.54, 1.807) is 0 Å². The number of nitrogens with zero attached hydrogens (tertiary/aromatic N) is 3. The Morgan fingerprint density at radius 1 is 0.824 bits per heavy atom. The Labute approximate surface area is 105 Å². The van der Waals surface area contributed by atoms with Gasteiger partial charge >= 0.3 is 6.03 Å². The zero-order valence-electron chi connectivity index (χ0n) is 11.2. The highest BCUT2D eigenvalue weighted by molar-refractivity contribution is 5.74. The molecule has 2 fully saturated rings. The average molecular weight is 239 g/mol. The zero-order valence-corrected chi connectivity index (χ0v) is 11.2. The summed E-state index contributed by atoms with van der Waals surface area (Å²) >= 11 is 0. The van der Waals surface area contributed by atoms with E-state index < -0.39 is 0 Å². The molecule has 0 aromatic carbocycles. The van der Waals surface area contributed by atoms with E-state index in [0.29, 0.717) is 6.04 Å². The molecule has 0 saturated carbocycles. The van der Waals surface area contributed by atoms with Gasteiger partial charge in [-0.1, -0.05) is 0 Å². The summed E-state index contributed by atoms with van der Waals surface area (Å²) < 4.78 is 0. The van der Waals surface area contributed by atoms with Crippen LogP contribution >= 0.6 is 0 Å². The van der Waals surface area contributed by atoms with Crippen molar-refractivity contribution >= 4 is 6.03 Å². The molecule has 4 nitrogen and oxygen atoms in total. The van der Waals surface area contributed by atoms with E-state index in [-0.39, 0.29) is 6.03 Å². The summed E-state index contributed by atoms with van der Waals surface area (Å²) in [7, 11) is 0. The van der Waals surface area contributed by atoms with Crippen LogP contribution in [-0.2, 0) is 0 Å². The molecule has 0 N–H and O–H groups in total. The van der Waals surface area contributed by atoms with Crippen molar-refractivity contribution in [3.63, 3.8) is 0 Å². The highest BCUT2D eigenvalue weighted by atomic mass is 16.2. The number of urea groups is 1. The first-order valence-electron chi connectivity index (χ1n) is 6.96. The summed E-state index contributed by atoms with van der Waals surface area (Å²) in [5, 5.41) is 0. The fourth-order valence-electron chi connectivity index (χ4n) is 2.71. The molecule has 4 heteroatoms. The molecule has 2 heterocycles. The summed E-state index contributed by atoms with van der Waals surface area (Å²) in [6.45, 7) is 10.2. The molecule has 0 bridgehead atoms. The number of carbonyl (C=O) groups is 1. The number of rotatable bonds is 1. The molecule has 2 aliphatic heterocycles. The van der Waals surface area contributed by atoms with Crippen LogP contribution in [0.5, 0.6) is 0 Å². The van der Waals surface area contributed by atoms with Crippen LogP contribution in [0.2, 0.25) is 0 Å². The van der Waals surface area contributed by atoms with Crippen molar-refractivity contribution in [2.75, 3.05) is 39.3 Å². The Hall–Kier alpha value is -0.770. The Balaban J connectivity index is 1.81. The lowest BCUT2D eigenvalue weighted by atomic mass is 10.1. The van der Waals surface area contributed by atoms with Gasteiger partial charge in [0.25, 0.3) is 0 Å². The largest absolute Gasteiger partial charge is 0.325 e. The monoisotopic (exact) mass is 239 g/mol. The van der Waals surface area contributed by atoms with Crippen LogP contribution in [0.4, 0.5) is 4.79 Å². The Morgan fingerprint density at radius 3 is 1.88 bits per heavy atom. The summed E-state index contributed by atoms with van der Waals surface area (Å²) in [6.07, 6.45) is 3.64. The topological polar surface area (TPSA) is 26.8 Å². The lowest BCUT2D eigenvalue weighted by Crippen LogP contribution is -2.54. The van der Waals surface area contributed by atoms with Gasteiger partial charge in [0.15, 0.2) is 0 Å². The lowest BCUT2D eigenvalue weighted by molar-refractivity contribution is 0.0948. The van der Waals surface area contributed by atoms with Crippen LogP contribution in [0.3, 0.4) is 0 Å². The molecule has 2 rings (SSSR count). The van der Waals surface area contributed by atoms with E-state index in [2.05, 4.69) is 18.7 Å². The van der Waals surface area contributed by atoms with E-state index in [1.807, 2.05) is 9.80 Å². The molecule has 17 heavy (non-hydrogen) atoms. The molecule has 0 spiro atoms. The number of hydrogen-bond acceptors (Lipinski definition) is 2. The van der Waals surface area contributed by atoms with Gasteiger partial charge in [0, 0.05) is 45.3 Å². The Morgan fingerprint density at radius 2 is 1.35 bits per heavy atom. The first-order chi connectivity index (χ1) is 8.18. The summed E-state index contributed by atoms with van der Waals surface area (Å²) in [5.41, 5.74) is 0. The molecular weight excluding hydrogens is 214 g/mol. The second-order valence-corrected chi connectivity index (χ2v) is 5.45. The van der Waals surface area contributed by atoms with Crippen molar-refractivity contribution in [2.24, 2.45) is 0 Å². The van der Waals surface area contributed by atoms with E-state index in [1.165, 1.54) is 19.3 Å². The highest BCUT2D eigenvalue weighted by Gasteiger charge is 2.26. The normalized spacial score (nSPS) is 23.2. The van der Waals surface area contributed by atoms with Gasteiger partial charge in [-0.15, -0.1) is 0 Å². The zero-order chi connectivity index (χ0) is 12.3. The van der Waals surface area contributed by atoms with Crippen LogP contribution in [0.15, 0.2) is 0 Å². The van der Waals surface area contributed by atoms with Crippen LogP contribution in [0.25, 0.3) is 0 Å². The number of piperazine rings is 1. The third-order valence-electron chi connectivity index (χ3n) is 3.94. The van der Waals surface area contributed by atoms with Crippen LogP contribution in [0, 0.1) is 0 Å². The van der Waals surface area contributed by atoms with Gasteiger partial charge < -0.3 is 9.80 Å². The van der Waals surface area contributed by atoms with E-state index >= 15 is 0 Å². The minimum atomic E-state index is 0.271. The third-order valence-corrected chi connectivity index (χ3v) is 3.94. The summed E-state index contributed by atoms with van der Waals surface area (Å²) in [5.74, 6) is 0. The second-order valence-electron chi connectivity index (χ2n) is 5.45. The standard InChI is InChI=1S/C13H25N3O/c1-12(2)14-8-10-16(11-9-14)13(17)15-6-4-3-5-7-15/h12H,3-11H2,1-2H3. The molecule has 0 atom stereocenters. The first kappa shape index (κ1) is 12.7. The maximum absolute atomic E-state index is 12.3. The maximum Gasteiger partial charge on any atom is 0.320 e. The van der Waals surface area contributed by atoms with Crippen molar-refractivity contribution in [1.82, 2.24) is 14.7 Å². The van der Waals surface area contributed by atoms with Crippen LogP contribution in [0.1, 0.15) is 33.1 Å². The Bertz CT molecular complexity index is 253. The smallest absolute Gasteiger partial charge is 0.320 e. The molecule has 98 valence electrons. The van der Waals surface area contributed by atoms with Crippen molar-refractivity contribution in [2.45, 2.75) is 39.2 Å². The van der Waals surface area contributed by atoms with Crippen molar-refractivity contribution in [3.8, 4) is 0 Å². The molecular formula is C13H25N3O. The third kappa shape index (κ3) is 3.12. The van der Waals surface area contributed by atoms with Gasteiger partial charge in [0.05, 0.1) is 0 Å².